The number of carbonyl (C=O) groups is 1. The average molecular weight is 337 g/mol. The van der Waals surface area contributed by atoms with Crippen LogP contribution in [0.2, 0.25) is 0 Å². The Hall–Kier alpha value is -2.66. The Morgan fingerprint density at radius 2 is 2.16 bits per heavy atom. The molecule has 2 heterocycles. The van der Waals surface area contributed by atoms with Crippen LogP contribution >= 0.6 is 0 Å². The molecule has 0 aliphatic carbocycles. The third-order valence-corrected chi connectivity index (χ3v) is 4.42. The highest BCUT2D eigenvalue weighted by Crippen LogP contribution is 2.22. The number of rotatable bonds is 7. The van der Waals surface area contributed by atoms with Crippen molar-refractivity contribution < 1.29 is 9.90 Å². The van der Waals surface area contributed by atoms with Gasteiger partial charge >= 0.3 is 0 Å². The number of amides is 1. The van der Waals surface area contributed by atoms with E-state index in [0.29, 0.717) is 19.4 Å². The van der Waals surface area contributed by atoms with Crippen LogP contribution in [0.1, 0.15) is 16.8 Å². The van der Waals surface area contributed by atoms with Crippen LogP contribution < -0.4 is 5.32 Å². The predicted octanol–water partition coefficient (Wildman–Crippen LogP) is 2.38. The normalized spacial score (nSPS) is 12.2. The first-order chi connectivity index (χ1) is 12.2. The number of H-pyrrole nitrogens is 1. The molecule has 0 aliphatic rings. The zero-order chi connectivity index (χ0) is 17.6. The lowest BCUT2D eigenvalue weighted by atomic mass is 10.0. The summed E-state index contributed by atoms with van der Waals surface area (Å²) in [6, 6.07) is 11.8. The molecule has 1 unspecified atom stereocenters. The summed E-state index contributed by atoms with van der Waals surface area (Å²) in [6.45, 7) is 2.50. The van der Waals surface area contributed by atoms with Gasteiger partial charge in [0.25, 0.3) is 0 Å². The standard InChI is InChI=1S/C20H23N3O2/c1-14-5-4-7-18-20(14)16(12-22-18)10-19(25)23-11-15(13-24)9-17-6-2-3-8-21-17/h2-8,12,15,22,24H,9-11,13H2,1H3,(H,23,25). The molecule has 0 aliphatic heterocycles. The molecular weight excluding hydrogens is 314 g/mol. The molecule has 0 radical (unpaired) electrons. The summed E-state index contributed by atoms with van der Waals surface area (Å²) in [5.41, 5.74) is 4.12. The molecule has 130 valence electrons. The van der Waals surface area contributed by atoms with Crippen LogP contribution in [0.5, 0.6) is 0 Å². The van der Waals surface area contributed by atoms with E-state index in [1.807, 2.05) is 49.5 Å². The van der Waals surface area contributed by atoms with Crippen molar-refractivity contribution in [2.24, 2.45) is 5.92 Å². The van der Waals surface area contributed by atoms with Gasteiger partial charge in [-0.3, -0.25) is 9.78 Å². The number of nitrogens with one attached hydrogen (secondary N) is 2. The number of aromatic nitrogens is 2. The minimum Gasteiger partial charge on any atom is -0.396 e. The number of pyridine rings is 1. The number of benzene rings is 1. The summed E-state index contributed by atoms with van der Waals surface area (Å²) in [7, 11) is 0. The van der Waals surface area contributed by atoms with Gasteiger partial charge in [0, 0.05) is 48.1 Å². The number of carbonyl (C=O) groups excluding carboxylic acids is 1. The Balaban J connectivity index is 1.58. The topological polar surface area (TPSA) is 78.0 Å². The minimum atomic E-state index is -0.0384. The minimum absolute atomic E-state index is 0.0169. The van der Waals surface area contributed by atoms with Crippen molar-refractivity contribution in [3.05, 3.63) is 65.6 Å². The molecule has 3 aromatic rings. The monoisotopic (exact) mass is 337 g/mol. The number of aromatic amines is 1. The summed E-state index contributed by atoms with van der Waals surface area (Å²) in [4.78, 5) is 19.8. The number of hydrogen-bond acceptors (Lipinski definition) is 3. The first-order valence-electron chi connectivity index (χ1n) is 8.50. The zero-order valence-corrected chi connectivity index (χ0v) is 14.3. The Morgan fingerprint density at radius 1 is 1.28 bits per heavy atom. The van der Waals surface area contributed by atoms with E-state index in [2.05, 4.69) is 15.3 Å². The van der Waals surface area contributed by atoms with Gasteiger partial charge in [0.05, 0.1) is 6.42 Å². The Labute approximate surface area is 147 Å². The maximum Gasteiger partial charge on any atom is 0.224 e. The van der Waals surface area contributed by atoms with Crippen molar-refractivity contribution in [3.63, 3.8) is 0 Å². The maximum atomic E-state index is 12.3. The van der Waals surface area contributed by atoms with Crippen LogP contribution in [0.4, 0.5) is 0 Å². The molecule has 1 atom stereocenters. The van der Waals surface area contributed by atoms with E-state index in [4.69, 9.17) is 0 Å². The molecule has 3 N–H and O–H groups in total. The molecule has 0 bridgehead atoms. The van der Waals surface area contributed by atoms with E-state index < -0.39 is 0 Å². The van der Waals surface area contributed by atoms with Gasteiger partial charge in [0.1, 0.15) is 0 Å². The number of hydrogen-bond donors (Lipinski definition) is 3. The first kappa shape index (κ1) is 17.2. The Kier molecular flexibility index (Phi) is 5.46. The van der Waals surface area contributed by atoms with Gasteiger partial charge in [0.2, 0.25) is 5.91 Å². The van der Waals surface area contributed by atoms with E-state index >= 15 is 0 Å². The van der Waals surface area contributed by atoms with Crippen molar-refractivity contribution in [1.82, 2.24) is 15.3 Å². The molecule has 0 saturated heterocycles. The number of aliphatic hydroxyl groups is 1. The van der Waals surface area contributed by atoms with E-state index in [-0.39, 0.29) is 18.4 Å². The highest BCUT2D eigenvalue weighted by atomic mass is 16.3. The zero-order valence-electron chi connectivity index (χ0n) is 14.3. The van der Waals surface area contributed by atoms with Crippen molar-refractivity contribution in [1.29, 1.82) is 0 Å². The van der Waals surface area contributed by atoms with Crippen LogP contribution in [0.3, 0.4) is 0 Å². The fourth-order valence-electron chi connectivity index (χ4n) is 3.10. The fraction of sp³-hybridized carbons (Fsp3) is 0.300. The van der Waals surface area contributed by atoms with Gasteiger partial charge in [-0.15, -0.1) is 0 Å². The second kappa shape index (κ2) is 7.94. The maximum absolute atomic E-state index is 12.3. The third kappa shape index (κ3) is 4.25. The van der Waals surface area contributed by atoms with Crippen molar-refractivity contribution >= 4 is 16.8 Å². The highest BCUT2D eigenvalue weighted by Gasteiger charge is 2.14. The lowest BCUT2D eigenvalue weighted by Crippen LogP contribution is -2.33. The predicted molar refractivity (Wildman–Crippen MR) is 98.3 cm³/mol. The van der Waals surface area contributed by atoms with Gasteiger partial charge in [-0.2, -0.15) is 0 Å². The number of aryl methyl sites for hydroxylation is 1. The third-order valence-electron chi connectivity index (χ3n) is 4.42. The average Bonchev–Trinajstić information content (AvgIpc) is 3.03. The van der Waals surface area contributed by atoms with E-state index in [1.165, 1.54) is 0 Å². The number of aliphatic hydroxyl groups excluding tert-OH is 1. The van der Waals surface area contributed by atoms with Crippen molar-refractivity contribution in [3.8, 4) is 0 Å². The lowest BCUT2D eigenvalue weighted by Gasteiger charge is -2.14. The van der Waals surface area contributed by atoms with Gasteiger partial charge in [-0.1, -0.05) is 18.2 Å². The Morgan fingerprint density at radius 3 is 2.92 bits per heavy atom. The van der Waals surface area contributed by atoms with Crippen LogP contribution in [0, 0.1) is 12.8 Å². The van der Waals surface area contributed by atoms with Gasteiger partial charge in [0.15, 0.2) is 0 Å². The largest absolute Gasteiger partial charge is 0.396 e. The van der Waals surface area contributed by atoms with Crippen molar-refractivity contribution in [2.75, 3.05) is 13.2 Å². The van der Waals surface area contributed by atoms with Crippen LogP contribution in [-0.4, -0.2) is 34.1 Å². The molecule has 3 rings (SSSR count). The molecule has 1 aromatic carbocycles. The highest BCUT2D eigenvalue weighted by molar-refractivity contribution is 5.91. The number of fused-ring (bicyclic) bond motifs is 1. The lowest BCUT2D eigenvalue weighted by molar-refractivity contribution is -0.120. The van der Waals surface area contributed by atoms with E-state index in [9.17, 15) is 9.90 Å². The smallest absolute Gasteiger partial charge is 0.224 e. The molecule has 5 heteroatoms. The summed E-state index contributed by atoms with van der Waals surface area (Å²) >= 11 is 0. The second-order valence-electron chi connectivity index (χ2n) is 6.37. The Bertz CT molecular complexity index is 843. The molecule has 2 aromatic heterocycles. The van der Waals surface area contributed by atoms with Gasteiger partial charge in [-0.05, 0) is 42.7 Å². The molecule has 0 fully saturated rings. The summed E-state index contributed by atoms with van der Waals surface area (Å²) in [5, 5.41) is 13.6. The molecule has 1 amide bonds. The molecule has 0 spiro atoms. The molecule has 5 nitrogen and oxygen atoms in total. The van der Waals surface area contributed by atoms with Crippen LogP contribution in [-0.2, 0) is 17.6 Å². The SMILES string of the molecule is Cc1cccc2[nH]cc(CC(=O)NCC(CO)Cc3ccccn3)c12. The van der Waals surface area contributed by atoms with Gasteiger partial charge < -0.3 is 15.4 Å². The summed E-state index contributed by atoms with van der Waals surface area (Å²) < 4.78 is 0. The van der Waals surface area contributed by atoms with E-state index in [0.717, 1.165) is 27.7 Å². The first-order valence-corrected chi connectivity index (χ1v) is 8.50. The molecular formula is C20H23N3O2. The van der Waals surface area contributed by atoms with Crippen LogP contribution in [0.25, 0.3) is 10.9 Å². The quantitative estimate of drug-likeness (QED) is 0.619. The molecule has 25 heavy (non-hydrogen) atoms. The summed E-state index contributed by atoms with van der Waals surface area (Å²) in [6.07, 6.45) is 4.60. The van der Waals surface area contributed by atoms with Crippen molar-refractivity contribution in [2.45, 2.75) is 19.8 Å². The van der Waals surface area contributed by atoms with E-state index in [1.54, 1.807) is 6.20 Å². The summed E-state index contributed by atoms with van der Waals surface area (Å²) in [5.74, 6) is -0.0767. The number of nitrogens with zero attached hydrogens (tertiary/aromatic N) is 1. The molecule has 0 saturated carbocycles. The second-order valence-corrected chi connectivity index (χ2v) is 6.37. The van der Waals surface area contributed by atoms with Gasteiger partial charge in [-0.25, -0.2) is 0 Å². The van der Waals surface area contributed by atoms with Crippen LogP contribution in [0.15, 0.2) is 48.8 Å². The fourth-order valence-corrected chi connectivity index (χ4v) is 3.10.